The number of aliphatic imine (C=N–C) groups is 1. The van der Waals surface area contributed by atoms with Crippen LogP contribution in [0.25, 0.3) is 0 Å². The van der Waals surface area contributed by atoms with Gasteiger partial charge in [0.2, 0.25) is 0 Å². The molecule has 0 amide bonds. The van der Waals surface area contributed by atoms with Crippen LogP contribution < -0.4 is 0 Å². The smallest absolute Gasteiger partial charge is 0.103 e. The largest absolute Gasteiger partial charge is 0.358 e. The van der Waals surface area contributed by atoms with Crippen molar-refractivity contribution in [2.45, 2.75) is 85.2 Å². The fraction of sp³-hybridized carbons (Fsp3) is 0.944. The molecule has 1 saturated carbocycles. The summed E-state index contributed by atoms with van der Waals surface area (Å²) in [5.74, 6) is 4.01. The van der Waals surface area contributed by atoms with Crippen LogP contribution in [0.5, 0.6) is 0 Å². The summed E-state index contributed by atoms with van der Waals surface area (Å²) in [5, 5.41) is 0. The fourth-order valence-electron chi connectivity index (χ4n) is 4.04. The molecule has 0 aromatic heterocycles. The molecular formula is C18H34N2. The van der Waals surface area contributed by atoms with Crippen LogP contribution in [0.1, 0.15) is 73.1 Å². The molecule has 1 heterocycles. The minimum Gasteiger partial charge on any atom is -0.358 e. The van der Waals surface area contributed by atoms with Gasteiger partial charge in [0.1, 0.15) is 5.84 Å². The SMILES string of the molecule is CC1CCCC2/C(=N/C(C)C)N(C(C)C)CCC2CC1. The van der Waals surface area contributed by atoms with E-state index in [1.165, 1.54) is 50.9 Å². The van der Waals surface area contributed by atoms with Crippen molar-refractivity contribution in [3.63, 3.8) is 0 Å². The molecule has 2 nitrogen and oxygen atoms in total. The molecule has 20 heavy (non-hydrogen) atoms. The zero-order valence-electron chi connectivity index (χ0n) is 14.2. The average molecular weight is 278 g/mol. The van der Waals surface area contributed by atoms with Gasteiger partial charge in [-0.2, -0.15) is 0 Å². The molecule has 1 aliphatic carbocycles. The first-order valence-electron chi connectivity index (χ1n) is 8.83. The quantitative estimate of drug-likeness (QED) is 0.712. The van der Waals surface area contributed by atoms with E-state index >= 15 is 0 Å². The average Bonchev–Trinajstić information content (AvgIpc) is 2.34. The van der Waals surface area contributed by atoms with Crippen LogP contribution in [0.2, 0.25) is 0 Å². The van der Waals surface area contributed by atoms with Gasteiger partial charge in [-0.05, 0) is 58.8 Å². The standard InChI is InChI=1S/C18H34N2/c1-13(2)19-18-17-8-6-7-15(5)9-10-16(17)11-12-20(18)14(3)4/h13-17H,6-12H2,1-5H3/b19-18-. The molecule has 1 saturated heterocycles. The number of rotatable bonds is 2. The van der Waals surface area contributed by atoms with Crippen molar-refractivity contribution in [2.24, 2.45) is 22.7 Å². The summed E-state index contributed by atoms with van der Waals surface area (Å²) in [6, 6.07) is 1.02. The summed E-state index contributed by atoms with van der Waals surface area (Å²) in [6.07, 6.45) is 8.41. The van der Waals surface area contributed by atoms with Crippen LogP contribution in [0.4, 0.5) is 0 Å². The van der Waals surface area contributed by atoms with Gasteiger partial charge in [0.05, 0.1) is 0 Å². The third-order valence-electron chi connectivity index (χ3n) is 5.19. The Labute approximate surface area is 126 Å². The lowest BCUT2D eigenvalue weighted by molar-refractivity contribution is 0.185. The minimum absolute atomic E-state index is 0.425. The monoisotopic (exact) mass is 278 g/mol. The molecule has 3 unspecified atom stereocenters. The zero-order chi connectivity index (χ0) is 14.7. The molecule has 2 fully saturated rings. The molecule has 1 aliphatic heterocycles. The molecule has 2 heteroatoms. The molecule has 0 N–H and O–H groups in total. The van der Waals surface area contributed by atoms with Gasteiger partial charge in [0.25, 0.3) is 0 Å². The first-order chi connectivity index (χ1) is 9.49. The van der Waals surface area contributed by atoms with E-state index < -0.39 is 0 Å². The molecule has 0 aromatic carbocycles. The number of amidine groups is 1. The Morgan fingerprint density at radius 2 is 1.75 bits per heavy atom. The van der Waals surface area contributed by atoms with Crippen molar-refractivity contribution in [1.82, 2.24) is 4.90 Å². The number of piperidine rings is 1. The highest BCUT2D eigenvalue weighted by Crippen LogP contribution is 2.37. The van der Waals surface area contributed by atoms with Gasteiger partial charge in [-0.3, -0.25) is 4.99 Å². The van der Waals surface area contributed by atoms with Crippen molar-refractivity contribution >= 4 is 5.84 Å². The number of likely N-dealkylation sites (tertiary alicyclic amines) is 1. The second-order valence-electron chi connectivity index (χ2n) is 7.64. The van der Waals surface area contributed by atoms with E-state index in [0.29, 0.717) is 12.1 Å². The maximum Gasteiger partial charge on any atom is 0.103 e. The predicted octanol–water partition coefficient (Wildman–Crippen LogP) is 4.74. The number of hydrogen-bond donors (Lipinski definition) is 0. The molecular weight excluding hydrogens is 244 g/mol. The molecule has 2 aliphatic rings. The molecule has 2 rings (SSSR count). The second kappa shape index (κ2) is 6.95. The number of nitrogens with zero attached hydrogens (tertiary/aromatic N) is 2. The fourth-order valence-corrected chi connectivity index (χ4v) is 4.04. The zero-order valence-corrected chi connectivity index (χ0v) is 14.2. The van der Waals surface area contributed by atoms with Gasteiger partial charge in [0, 0.05) is 24.5 Å². The highest BCUT2D eigenvalue weighted by atomic mass is 15.2. The van der Waals surface area contributed by atoms with Crippen molar-refractivity contribution < 1.29 is 0 Å². The summed E-state index contributed by atoms with van der Waals surface area (Å²) in [4.78, 5) is 7.65. The van der Waals surface area contributed by atoms with Gasteiger partial charge in [-0.25, -0.2) is 0 Å². The normalized spacial score (nSPS) is 34.2. The lowest BCUT2D eigenvalue weighted by Crippen LogP contribution is -2.49. The van der Waals surface area contributed by atoms with Crippen LogP contribution in [-0.4, -0.2) is 29.4 Å². The van der Waals surface area contributed by atoms with Gasteiger partial charge >= 0.3 is 0 Å². The highest BCUT2D eigenvalue weighted by molar-refractivity contribution is 5.86. The molecule has 3 atom stereocenters. The second-order valence-corrected chi connectivity index (χ2v) is 7.64. The Hall–Kier alpha value is -0.530. The van der Waals surface area contributed by atoms with Crippen LogP contribution in [0.3, 0.4) is 0 Å². The highest BCUT2D eigenvalue weighted by Gasteiger charge is 2.36. The molecule has 0 radical (unpaired) electrons. The molecule has 0 bridgehead atoms. The summed E-state index contributed by atoms with van der Waals surface area (Å²) in [7, 11) is 0. The van der Waals surface area contributed by atoms with Crippen molar-refractivity contribution in [1.29, 1.82) is 0 Å². The molecule has 116 valence electrons. The summed E-state index contributed by atoms with van der Waals surface area (Å²) in [5.41, 5.74) is 0. The van der Waals surface area contributed by atoms with Gasteiger partial charge < -0.3 is 4.90 Å². The van der Waals surface area contributed by atoms with Gasteiger partial charge in [0.15, 0.2) is 0 Å². The van der Waals surface area contributed by atoms with Crippen LogP contribution >= 0.6 is 0 Å². The van der Waals surface area contributed by atoms with E-state index in [9.17, 15) is 0 Å². The summed E-state index contributed by atoms with van der Waals surface area (Å²) < 4.78 is 0. The third-order valence-corrected chi connectivity index (χ3v) is 5.19. The maximum absolute atomic E-state index is 5.06. The Morgan fingerprint density at radius 1 is 1.00 bits per heavy atom. The third kappa shape index (κ3) is 3.77. The van der Waals surface area contributed by atoms with Crippen molar-refractivity contribution in [2.75, 3.05) is 6.54 Å². The number of hydrogen-bond acceptors (Lipinski definition) is 1. The lowest BCUT2D eigenvalue weighted by atomic mass is 9.74. The molecule has 0 spiro atoms. The Kier molecular flexibility index (Phi) is 5.51. The van der Waals surface area contributed by atoms with Crippen LogP contribution in [0, 0.1) is 17.8 Å². The topological polar surface area (TPSA) is 15.6 Å². The van der Waals surface area contributed by atoms with Crippen LogP contribution in [0.15, 0.2) is 4.99 Å². The maximum atomic E-state index is 5.06. The van der Waals surface area contributed by atoms with Gasteiger partial charge in [-0.1, -0.05) is 26.2 Å². The Morgan fingerprint density at radius 3 is 2.40 bits per heavy atom. The van der Waals surface area contributed by atoms with E-state index in [1.54, 1.807) is 0 Å². The first-order valence-corrected chi connectivity index (χ1v) is 8.83. The Bertz CT molecular complexity index is 332. The number of fused-ring (bicyclic) bond motifs is 1. The van der Waals surface area contributed by atoms with Crippen molar-refractivity contribution in [3.05, 3.63) is 0 Å². The van der Waals surface area contributed by atoms with Crippen LogP contribution in [-0.2, 0) is 0 Å². The predicted molar refractivity (Wildman–Crippen MR) is 88.3 cm³/mol. The van der Waals surface area contributed by atoms with E-state index in [1.807, 2.05) is 0 Å². The summed E-state index contributed by atoms with van der Waals surface area (Å²) in [6.45, 7) is 12.7. The van der Waals surface area contributed by atoms with E-state index in [4.69, 9.17) is 4.99 Å². The van der Waals surface area contributed by atoms with E-state index in [0.717, 1.165) is 17.8 Å². The summed E-state index contributed by atoms with van der Waals surface area (Å²) >= 11 is 0. The lowest BCUT2D eigenvalue weighted by Gasteiger charge is -2.44. The first kappa shape index (κ1) is 15.9. The van der Waals surface area contributed by atoms with E-state index in [2.05, 4.69) is 39.5 Å². The van der Waals surface area contributed by atoms with Crippen molar-refractivity contribution in [3.8, 4) is 0 Å². The van der Waals surface area contributed by atoms with E-state index in [-0.39, 0.29) is 0 Å². The minimum atomic E-state index is 0.425. The molecule has 0 aromatic rings. The Balaban J connectivity index is 2.20. The van der Waals surface area contributed by atoms with Gasteiger partial charge in [-0.15, -0.1) is 0 Å².